The minimum absolute atomic E-state index is 0.0456. The van der Waals surface area contributed by atoms with E-state index in [1.165, 1.54) is 17.7 Å². The van der Waals surface area contributed by atoms with E-state index in [9.17, 15) is 9.18 Å². The standard InChI is InChI=1S/C20H17ClFN3O/c21-18-12-25(11-13-6-8-15(22)9-7-13)24-19(18)23-20(26)17-10-16(17)14-4-2-1-3-5-14/h1-9,12,16-17H,10-11H2,(H,23,24,26). The molecule has 1 amide bonds. The van der Waals surface area contributed by atoms with Gasteiger partial charge in [0.15, 0.2) is 5.82 Å². The summed E-state index contributed by atoms with van der Waals surface area (Å²) in [5.41, 5.74) is 2.08. The second kappa shape index (κ2) is 6.92. The van der Waals surface area contributed by atoms with Crippen LogP contribution in [-0.2, 0) is 11.3 Å². The summed E-state index contributed by atoms with van der Waals surface area (Å²) in [6, 6.07) is 16.2. The molecule has 2 unspecified atom stereocenters. The normalized spacial score (nSPS) is 18.5. The fourth-order valence-corrected chi connectivity index (χ4v) is 3.30. The second-order valence-corrected chi connectivity index (χ2v) is 6.91. The smallest absolute Gasteiger partial charge is 0.229 e. The summed E-state index contributed by atoms with van der Waals surface area (Å²) in [5, 5.41) is 7.55. The molecule has 0 bridgehead atoms. The van der Waals surface area contributed by atoms with Crippen molar-refractivity contribution >= 4 is 23.3 Å². The van der Waals surface area contributed by atoms with E-state index in [0.29, 0.717) is 17.4 Å². The average Bonchev–Trinajstić information content (AvgIpc) is 3.38. The number of nitrogens with zero attached hydrogens (tertiary/aromatic N) is 2. The Kier molecular flexibility index (Phi) is 4.47. The first-order chi connectivity index (χ1) is 12.6. The molecule has 2 atom stereocenters. The van der Waals surface area contributed by atoms with Gasteiger partial charge in [0, 0.05) is 12.1 Å². The van der Waals surface area contributed by atoms with Crippen molar-refractivity contribution in [1.29, 1.82) is 0 Å². The lowest BCUT2D eigenvalue weighted by Crippen LogP contribution is -2.15. The van der Waals surface area contributed by atoms with Crippen molar-refractivity contribution in [3.63, 3.8) is 0 Å². The molecule has 1 N–H and O–H groups in total. The van der Waals surface area contributed by atoms with E-state index >= 15 is 0 Å². The Balaban J connectivity index is 1.40. The van der Waals surface area contributed by atoms with Crippen LogP contribution in [0.25, 0.3) is 0 Å². The van der Waals surface area contributed by atoms with Crippen LogP contribution in [-0.4, -0.2) is 15.7 Å². The maximum atomic E-state index is 13.0. The van der Waals surface area contributed by atoms with E-state index in [2.05, 4.69) is 10.4 Å². The summed E-state index contributed by atoms with van der Waals surface area (Å²) in [5.74, 6) is 0.231. The first-order valence-electron chi connectivity index (χ1n) is 8.43. The highest BCUT2D eigenvalue weighted by atomic mass is 35.5. The first-order valence-corrected chi connectivity index (χ1v) is 8.81. The van der Waals surface area contributed by atoms with E-state index in [-0.39, 0.29) is 23.6 Å². The highest BCUT2D eigenvalue weighted by Gasteiger charge is 2.44. The molecule has 26 heavy (non-hydrogen) atoms. The first kappa shape index (κ1) is 16.8. The fraction of sp³-hybridized carbons (Fsp3) is 0.200. The number of halogens is 2. The van der Waals surface area contributed by atoms with E-state index in [1.54, 1.807) is 23.0 Å². The molecule has 6 heteroatoms. The van der Waals surface area contributed by atoms with Crippen LogP contribution in [0, 0.1) is 11.7 Å². The number of hydrogen-bond acceptors (Lipinski definition) is 2. The van der Waals surface area contributed by atoms with Crippen LogP contribution in [0.5, 0.6) is 0 Å². The number of rotatable bonds is 5. The Bertz CT molecular complexity index is 924. The Morgan fingerprint density at radius 2 is 1.92 bits per heavy atom. The van der Waals surface area contributed by atoms with Gasteiger partial charge in [-0.05, 0) is 35.6 Å². The minimum Gasteiger partial charge on any atom is -0.308 e. The van der Waals surface area contributed by atoms with Gasteiger partial charge in [-0.1, -0.05) is 54.1 Å². The third kappa shape index (κ3) is 3.63. The van der Waals surface area contributed by atoms with Crippen LogP contribution < -0.4 is 5.32 Å². The van der Waals surface area contributed by atoms with Gasteiger partial charge in [0.25, 0.3) is 0 Å². The van der Waals surface area contributed by atoms with E-state index in [1.807, 2.05) is 30.3 Å². The summed E-state index contributed by atoms with van der Waals surface area (Å²) in [6.45, 7) is 0.450. The Morgan fingerprint density at radius 3 is 2.65 bits per heavy atom. The van der Waals surface area contributed by atoms with Gasteiger partial charge in [0.2, 0.25) is 5.91 Å². The number of nitrogens with one attached hydrogen (secondary N) is 1. The van der Waals surface area contributed by atoms with Gasteiger partial charge < -0.3 is 5.32 Å². The predicted octanol–water partition coefficient (Wildman–Crippen LogP) is 4.47. The molecule has 1 aromatic heterocycles. The minimum atomic E-state index is -0.280. The Labute approximate surface area is 155 Å². The van der Waals surface area contributed by atoms with E-state index in [0.717, 1.165) is 12.0 Å². The predicted molar refractivity (Wildman–Crippen MR) is 98.7 cm³/mol. The number of carbonyl (C=O) groups is 1. The molecule has 0 saturated heterocycles. The summed E-state index contributed by atoms with van der Waals surface area (Å²) < 4.78 is 14.6. The molecule has 3 aromatic rings. The highest BCUT2D eigenvalue weighted by molar-refractivity contribution is 6.33. The molecule has 1 saturated carbocycles. The molecule has 0 aliphatic heterocycles. The molecule has 1 aliphatic rings. The number of anilines is 1. The largest absolute Gasteiger partial charge is 0.308 e. The van der Waals surface area contributed by atoms with Crippen molar-refractivity contribution in [2.45, 2.75) is 18.9 Å². The van der Waals surface area contributed by atoms with Gasteiger partial charge in [0.1, 0.15) is 10.8 Å². The molecule has 0 radical (unpaired) electrons. The van der Waals surface area contributed by atoms with Crippen molar-refractivity contribution in [3.8, 4) is 0 Å². The zero-order valence-electron chi connectivity index (χ0n) is 13.9. The van der Waals surface area contributed by atoms with Gasteiger partial charge >= 0.3 is 0 Å². The fourth-order valence-electron chi connectivity index (χ4n) is 3.10. The third-order valence-electron chi connectivity index (χ3n) is 4.57. The van der Waals surface area contributed by atoms with Crippen molar-refractivity contribution < 1.29 is 9.18 Å². The third-order valence-corrected chi connectivity index (χ3v) is 4.85. The van der Waals surface area contributed by atoms with Crippen molar-refractivity contribution in [2.24, 2.45) is 5.92 Å². The maximum absolute atomic E-state index is 13.0. The number of hydrogen-bond donors (Lipinski definition) is 1. The second-order valence-electron chi connectivity index (χ2n) is 6.50. The molecule has 1 aliphatic carbocycles. The van der Waals surface area contributed by atoms with Crippen molar-refractivity contribution in [2.75, 3.05) is 5.32 Å². The van der Waals surface area contributed by atoms with E-state index in [4.69, 9.17) is 11.6 Å². The number of carbonyl (C=O) groups excluding carboxylic acids is 1. The van der Waals surface area contributed by atoms with Gasteiger partial charge in [-0.3, -0.25) is 9.48 Å². The van der Waals surface area contributed by atoms with Gasteiger partial charge in [-0.15, -0.1) is 0 Å². The van der Waals surface area contributed by atoms with Gasteiger partial charge in [-0.25, -0.2) is 4.39 Å². The maximum Gasteiger partial charge on any atom is 0.229 e. The van der Waals surface area contributed by atoms with Crippen molar-refractivity contribution in [1.82, 2.24) is 9.78 Å². The summed E-state index contributed by atoms with van der Waals surface area (Å²) in [6.07, 6.45) is 2.49. The SMILES string of the molecule is O=C(Nc1nn(Cc2ccc(F)cc2)cc1Cl)C1CC1c1ccccc1. The molecule has 4 rings (SSSR count). The van der Waals surface area contributed by atoms with Crippen LogP contribution in [0.1, 0.15) is 23.5 Å². The van der Waals surface area contributed by atoms with Crippen molar-refractivity contribution in [3.05, 3.63) is 82.8 Å². The zero-order valence-corrected chi connectivity index (χ0v) is 14.7. The lowest BCUT2D eigenvalue weighted by atomic mass is 10.1. The topological polar surface area (TPSA) is 46.9 Å². The number of aromatic nitrogens is 2. The molecule has 1 heterocycles. The lowest BCUT2D eigenvalue weighted by molar-refractivity contribution is -0.117. The number of amides is 1. The van der Waals surface area contributed by atoms with Gasteiger partial charge in [0.05, 0.1) is 6.54 Å². The van der Waals surface area contributed by atoms with Crippen LogP contribution in [0.2, 0.25) is 5.02 Å². The molecule has 1 fully saturated rings. The molecular formula is C20H17ClFN3O. The summed E-state index contributed by atoms with van der Waals surface area (Å²) in [4.78, 5) is 12.5. The highest BCUT2D eigenvalue weighted by Crippen LogP contribution is 2.48. The number of benzene rings is 2. The average molecular weight is 370 g/mol. The van der Waals surface area contributed by atoms with Crippen LogP contribution in [0.15, 0.2) is 60.8 Å². The van der Waals surface area contributed by atoms with Gasteiger partial charge in [-0.2, -0.15) is 5.10 Å². The monoisotopic (exact) mass is 369 g/mol. The molecule has 0 spiro atoms. The van der Waals surface area contributed by atoms with Crippen LogP contribution >= 0.6 is 11.6 Å². The molecular weight excluding hydrogens is 353 g/mol. The lowest BCUT2D eigenvalue weighted by Gasteiger charge is -2.03. The zero-order chi connectivity index (χ0) is 18.1. The Hall–Kier alpha value is -2.66. The summed E-state index contributed by atoms with van der Waals surface area (Å²) >= 11 is 6.20. The summed E-state index contributed by atoms with van der Waals surface area (Å²) in [7, 11) is 0. The Morgan fingerprint density at radius 1 is 1.19 bits per heavy atom. The molecule has 2 aromatic carbocycles. The quantitative estimate of drug-likeness (QED) is 0.721. The van der Waals surface area contributed by atoms with E-state index < -0.39 is 0 Å². The van der Waals surface area contributed by atoms with Crippen LogP contribution in [0.3, 0.4) is 0 Å². The van der Waals surface area contributed by atoms with Crippen LogP contribution in [0.4, 0.5) is 10.2 Å². The molecule has 132 valence electrons. The molecule has 4 nitrogen and oxygen atoms in total.